The first-order valence-electron chi connectivity index (χ1n) is 7.34. The molecular weight excluding hydrogens is 282 g/mol. The predicted molar refractivity (Wildman–Crippen MR) is 81.4 cm³/mol. The Balaban J connectivity index is 1.97. The first-order valence-corrected chi connectivity index (χ1v) is 7.34. The summed E-state index contributed by atoms with van der Waals surface area (Å²) in [5.74, 6) is -1.29. The lowest BCUT2D eigenvalue weighted by Crippen LogP contribution is -1.93. The third kappa shape index (κ3) is 2.11. The minimum absolute atomic E-state index is 0.273. The molecule has 0 saturated heterocycles. The summed E-state index contributed by atoms with van der Waals surface area (Å²) in [6, 6.07) is 13.9. The van der Waals surface area contributed by atoms with Crippen molar-refractivity contribution in [2.45, 2.75) is 18.8 Å². The van der Waals surface area contributed by atoms with Gasteiger partial charge < -0.3 is 0 Å². The van der Waals surface area contributed by atoms with E-state index in [1.54, 1.807) is 6.07 Å². The van der Waals surface area contributed by atoms with Gasteiger partial charge in [0.05, 0.1) is 0 Å². The maximum Gasteiger partial charge on any atom is 0.166 e. The van der Waals surface area contributed by atoms with E-state index in [9.17, 15) is 8.78 Å². The van der Waals surface area contributed by atoms with Crippen LogP contribution in [-0.2, 0) is 0 Å². The topological polar surface area (TPSA) is 28.7 Å². The quantitative estimate of drug-likeness (QED) is 0.731. The number of aromatic amines is 1. The molecule has 1 heterocycles. The molecule has 1 saturated carbocycles. The molecule has 1 N–H and O–H groups in total. The van der Waals surface area contributed by atoms with Crippen LogP contribution < -0.4 is 0 Å². The van der Waals surface area contributed by atoms with E-state index >= 15 is 0 Å². The molecule has 1 aliphatic carbocycles. The molecule has 1 aliphatic rings. The van der Waals surface area contributed by atoms with Gasteiger partial charge in [-0.2, -0.15) is 5.10 Å². The molecule has 2 nitrogen and oxygen atoms in total. The Kier molecular flexibility index (Phi) is 3.03. The molecular formula is C18H14F2N2. The first-order chi connectivity index (χ1) is 10.8. The molecule has 4 heteroatoms. The lowest BCUT2D eigenvalue weighted by molar-refractivity contribution is 0.511. The van der Waals surface area contributed by atoms with Crippen molar-refractivity contribution in [2.75, 3.05) is 0 Å². The van der Waals surface area contributed by atoms with Crippen LogP contribution >= 0.6 is 0 Å². The monoisotopic (exact) mass is 296 g/mol. The van der Waals surface area contributed by atoms with E-state index in [-0.39, 0.29) is 5.56 Å². The fourth-order valence-electron chi connectivity index (χ4n) is 2.80. The maximum absolute atomic E-state index is 14.3. The molecule has 4 rings (SSSR count). The lowest BCUT2D eigenvalue weighted by atomic mass is 9.97. The van der Waals surface area contributed by atoms with Gasteiger partial charge in [-0.3, -0.25) is 5.10 Å². The fraction of sp³-hybridized carbons (Fsp3) is 0.167. The van der Waals surface area contributed by atoms with Gasteiger partial charge in [0.25, 0.3) is 0 Å². The summed E-state index contributed by atoms with van der Waals surface area (Å²) in [5, 5.41) is 7.42. The van der Waals surface area contributed by atoms with E-state index in [4.69, 9.17) is 0 Å². The van der Waals surface area contributed by atoms with Gasteiger partial charge in [0, 0.05) is 28.3 Å². The van der Waals surface area contributed by atoms with Crippen molar-refractivity contribution in [1.82, 2.24) is 10.2 Å². The average molecular weight is 296 g/mol. The molecule has 0 radical (unpaired) electrons. The van der Waals surface area contributed by atoms with Crippen molar-refractivity contribution in [3.8, 4) is 22.4 Å². The maximum atomic E-state index is 14.3. The smallest absolute Gasteiger partial charge is 0.166 e. The summed E-state index contributed by atoms with van der Waals surface area (Å²) in [4.78, 5) is 0. The van der Waals surface area contributed by atoms with Crippen LogP contribution in [0, 0.1) is 11.6 Å². The zero-order chi connectivity index (χ0) is 15.1. The molecule has 0 bridgehead atoms. The Hall–Kier alpha value is -2.49. The number of H-pyrrole nitrogens is 1. The summed E-state index contributed by atoms with van der Waals surface area (Å²) >= 11 is 0. The summed E-state index contributed by atoms with van der Waals surface area (Å²) < 4.78 is 28.0. The molecule has 1 aromatic heterocycles. The summed E-state index contributed by atoms with van der Waals surface area (Å²) in [6.45, 7) is 0. The van der Waals surface area contributed by atoms with Gasteiger partial charge >= 0.3 is 0 Å². The van der Waals surface area contributed by atoms with Crippen LogP contribution in [0.15, 0.2) is 48.5 Å². The first kappa shape index (κ1) is 13.2. The van der Waals surface area contributed by atoms with E-state index in [1.165, 1.54) is 6.07 Å². The summed E-state index contributed by atoms with van der Waals surface area (Å²) in [7, 11) is 0. The SMILES string of the molecule is Fc1cccc(-c2c(-c3ccccc3)n[nH]c2C2CC2)c1F. The van der Waals surface area contributed by atoms with E-state index < -0.39 is 11.6 Å². The van der Waals surface area contributed by atoms with Gasteiger partial charge in [0.15, 0.2) is 11.6 Å². The third-order valence-electron chi connectivity index (χ3n) is 4.05. The molecule has 0 spiro atoms. The van der Waals surface area contributed by atoms with Crippen LogP contribution in [-0.4, -0.2) is 10.2 Å². The number of nitrogens with one attached hydrogen (secondary N) is 1. The van der Waals surface area contributed by atoms with Crippen molar-refractivity contribution in [1.29, 1.82) is 0 Å². The van der Waals surface area contributed by atoms with E-state index in [0.717, 1.165) is 30.2 Å². The number of aromatic nitrogens is 2. The largest absolute Gasteiger partial charge is 0.281 e. The highest BCUT2D eigenvalue weighted by molar-refractivity contribution is 5.83. The van der Waals surface area contributed by atoms with Crippen molar-refractivity contribution in [3.63, 3.8) is 0 Å². The normalized spacial score (nSPS) is 14.3. The minimum atomic E-state index is -0.834. The van der Waals surface area contributed by atoms with Crippen LogP contribution in [0.3, 0.4) is 0 Å². The van der Waals surface area contributed by atoms with Gasteiger partial charge in [-0.25, -0.2) is 8.78 Å². The van der Waals surface area contributed by atoms with E-state index in [2.05, 4.69) is 10.2 Å². The zero-order valence-corrected chi connectivity index (χ0v) is 11.8. The molecule has 0 amide bonds. The molecule has 0 unspecified atom stereocenters. The molecule has 2 aromatic carbocycles. The van der Waals surface area contributed by atoms with Crippen molar-refractivity contribution in [2.24, 2.45) is 0 Å². The molecule has 22 heavy (non-hydrogen) atoms. The Morgan fingerprint density at radius 1 is 0.955 bits per heavy atom. The van der Waals surface area contributed by atoms with Crippen molar-refractivity contribution in [3.05, 3.63) is 65.9 Å². The van der Waals surface area contributed by atoms with E-state index in [0.29, 0.717) is 17.2 Å². The van der Waals surface area contributed by atoms with Crippen molar-refractivity contribution >= 4 is 0 Å². The Labute approximate surface area is 126 Å². The van der Waals surface area contributed by atoms with Gasteiger partial charge in [0.2, 0.25) is 0 Å². The fourth-order valence-corrected chi connectivity index (χ4v) is 2.80. The van der Waals surface area contributed by atoms with Crippen LogP contribution in [0.5, 0.6) is 0 Å². The Morgan fingerprint density at radius 3 is 2.45 bits per heavy atom. The number of nitrogens with zero attached hydrogens (tertiary/aromatic N) is 1. The number of rotatable bonds is 3. The second kappa shape index (κ2) is 5.05. The predicted octanol–water partition coefficient (Wildman–Crippen LogP) is 4.90. The molecule has 0 atom stereocenters. The van der Waals surface area contributed by atoms with Gasteiger partial charge in [-0.1, -0.05) is 42.5 Å². The van der Waals surface area contributed by atoms with Crippen LogP contribution in [0.1, 0.15) is 24.5 Å². The lowest BCUT2D eigenvalue weighted by Gasteiger charge is -2.08. The second-order valence-corrected chi connectivity index (χ2v) is 5.60. The van der Waals surface area contributed by atoms with Gasteiger partial charge in [0.1, 0.15) is 5.69 Å². The Bertz CT molecular complexity index is 820. The molecule has 3 aromatic rings. The highest BCUT2D eigenvalue weighted by atomic mass is 19.2. The number of hydrogen-bond acceptors (Lipinski definition) is 1. The van der Waals surface area contributed by atoms with Gasteiger partial charge in [-0.05, 0) is 18.9 Å². The minimum Gasteiger partial charge on any atom is -0.281 e. The molecule has 110 valence electrons. The number of hydrogen-bond donors (Lipinski definition) is 1. The van der Waals surface area contributed by atoms with Gasteiger partial charge in [-0.15, -0.1) is 0 Å². The number of benzene rings is 2. The van der Waals surface area contributed by atoms with E-state index in [1.807, 2.05) is 30.3 Å². The van der Waals surface area contributed by atoms with Crippen LogP contribution in [0.25, 0.3) is 22.4 Å². The Morgan fingerprint density at radius 2 is 1.73 bits per heavy atom. The van der Waals surface area contributed by atoms with Crippen LogP contribution in [0.4, 0.5) is 8.78 Å². The standard InChI is InChI=1S/C18H14F2N2/c19-14-8-4-7-13(16(14)20)15-17(11-5-2-1-3-6-11)21-22-18(15)12-9-10-12/h1-8,12H,9-10H2,(H,21,22). The highest BCUT2D eigenvalue weighted by Gasteiger charge is 2.31. The number of halogens is 2. The van der Waals surface area contributed by atoms with Crippen LogP contribution in [0.2, 0.25) is 0 Å². The zero-order valence-electron chi connectivity index (χ0n) is 11.8. The summed E-state index contributed by atoms with van der Waals surface area (Å²) in [6.07, 6.45) is 2.11. The summed E-state index contributed by atoms with van der Waals surface area (Å²) in [5.41, 5.74) is 3.43. The second-order valence-electron chi connectivity index (χ2n) is 5.60. The average Bonchev–Trinajstić information content (AvgIpc) is 3.30. The van der Waals surface area contributed by atoms with Crippen molar-refractivity contribution < 1.29 is 8.78 Å². The third-order valence-corrected chi connectivity index (χ3v) is 4.05. The molecule has 0 aliphatic heterocycles. The highest BCUT2D eigenvalue weighted by Crippen LogP contribution is 2.46. The molecule has 1 fully saturated rings.